The second-order valence-corrected chi connectivity index (χ2v) is 6.22. The quantitative estimate of drug-likeness (QED) is 0.521. The van der Waals surface area contributed by atoms with Crippen molar-refractivity contribution >= 4 is 44.9 Å². The van der Waals surface area contributed by atoms with Gasteiger partial charge in [0.25, 0.3) is 5.91 Å². The molecule has 132 valence electrons. The zero-order valence-electron chi connectivity index (χ0n) is 13.8. The number of hydrogen-bond acceptors (Lipinski definition) is 4. The van der Waals surface area contributed by atoms with Crippen LogP contribution < -0.4 is 15.4 Å². The Bertz CT molecular complexity index is 740. The van der Waals surface area contributed by atoms with Gasteiger partial charge in [0.1, 0.15) is 12.4 Å². The zero-order chi connectivity index (χ0) is 18.1. The third-order valence-electron chi connectivity index (χ3n) is 3.14. The highest BCUT2D eigenvalue weighted by Gasteiger charge is 2.11. The fourth-order valence-electron chi connectivity index (χ4n) is 2.00. The number of carbonyl (C=O) groups excluding carboxylic acids is 1. The molecular formula is C18H19BrN2O3S. The Labute approximate surface area is 160 Å². The number of carbonyl (C=O) groups is 1. The second kappa shape index (κ2) is 10.1. The van der Waals surface area contributed by atoms with E-state index in [0.717, 1.165) is 5.69 Å². The number of ether oxygens (including phenoxy) is 2. The van der Waals surface area contributed by atoms with Crippen LogP contribution in [0.15, 0.2) is 53.0 Å². The summed E-state index contributed by atoms with van der Waals surface area (Å²) in [5.41, 5.74) is 1.24. The summed E-state index contributed by atoms with van der Waals surface area (Å²) in [6.07, 6.45) is 0. The Morgan fingerprint density at radius 3 is 2.72 bits per heavy atom. The first-order valence-electron chi connectivity index (χ1n) is 7.77. The Morgan fingerprint density at radius 2 is 1.96 bits per heavy atom. The van der Waals surface area contributed by atoms with Crippen LogP contribution in [0.25, 0.3) is 0 Å². The van der Waals surface area contributed by atoms with E-state index in [1.807, 2.05) is 37.3 Å². The lowest BCUT2D eigenvalue weighted by atomic mass is 10.2. The molecule has 25 heavy (non-hydrogen) atoms. The van der Waals surface area contributed by atoms with Gasteiger partial charge in [0, 0.05) is 22.8 Å². The molecule has 5 nitrogen and oxygen atoms in total. The lowest BCUT2D eigenvalue weighted by molar-refractivity contribution is 0.0977. The number of benzene rings is 2. The van der Waals surface area contributed by atoms with Crippen molar-refractivity contribution in [3.05, 3.63) is 58.6 Å². The lowest BCUT2D eigenvalue weighted by Gasteiger charge is -2.12. The molecule has 2 N–H and O–H groups in total. The third-order valence-corrected chi connectivity index (χ3v) is 4.03. The summed E-state index contributed by atoms with van der Waals surface area (Å²) in [6, 6.07) is 14.5. The van der Waals surface area contributed by atoms with Gasteiger partial charge in [-0.3, -0.25) is 10.1 Å². The molecule has 2 aromatic carbocycles. The van der Waals surface area contributed by atoms with Gasteiger partial charge in [0.2, 0.25) is 0 Å². The molecule has 0 fully saturated rings. The summed E-state index contributed by atoms with van der Waals surface area (Å²) in [4.78, 5) is 12.2. The van der Waals surface area contributed by atoms with Crippen molar-refractivity contribution in [3.8, 4) is 5.75 Å². The normalized spacial score (nSPS) is 10.2. The first-order valence-corrected chi connectivity index (χ1v) is 8.97. The van der Waals surface area contributed by atoms with Crippen LogP contribution in [0.3, 0.4) is 0 Å². The minimum Gasteiger partial charge on any atom is -0.491 e. The van der Waals surface area contributed by atoms with Crippen molar-refractivity contribution < 1.29 is 14.3 Å². The molecule has 0 bridgehead atoms. The number of thiocarbonyl (C=S) groups is 1. The van der Waals surface area contributed by atoms with Crippen molar-refractivity contribution in [2.75, 3.05) is 25.1 Å². The molecule has 2 rings (SSSR count). The van der Waals surface area contributed by atoms with Crippen LogP contribution in [-0.4, -0.2) is 30.8 Å². The Morgan fingerprint density at radius 1 is 1.16 bits per heavy atom. The van der Waals surface area contributed by atoms with Crippen LogP contribution >= 0.6 is 28.1 Å². The van der Waals surface area contributed by atoms with E-state index >= 15 is 0 Å². The summed E-state index contributed by atoms with van der Waals surface area (Å²) >= 11 is 8.55. The maximum Gasteiger partial charge on any atom is 0.258 e. The fourth-order valence-corrected chi connectivity index (χ4v) is 2.68. The van der Waals surface area contributed by atoms with Crippen LogP contribution in [0.1, 0.15) is 17.3 Å². The van der Waals surface area contributed by atoms with Crippen molar-refractivity contribution in [2.24, 2.45) is 0 Å². The highest BCUT2D eigenvalue weighted by Crippen LogP contribution is 2.18. The number of nitrogens with one attached hydrogen (secondary N) is 2. The average Bonchev–Trinajstić information content (AvgIpc) is 2.59. The smallest absolute Gasteiger partial charge is 0.258 e. The van der Waals surface area contributed by atoms with Gasteiger partial charge in [-0.2, -0.15) is 0 Å². The molecule has 0 saturated carbocycles. The maximum absolute atomic E-state index is 12.2. The van der Waals surface area contributed by atoms with Gasteiger partial charge < -0.3 is 14.8 Å². The number of hydrogen-bond donors (Lipinski definition) is 2. The van der Waals surface area contributed by atoms with E-state index in [1.165, 1.54) is 0 Å². The Hall–Kier alpha value is -1.96. The second-order valence-electron chi connectivity index (χ2n) is 4.96. The molecule has 2 aromatic rings. The molecule has 0 unspecified atom stereocenters. The van der Waals surface area contributed by atoms with Gasteiger partial charge in [0.05, 0.1) is 12.2 Å². The van der Waals surface area contributed by atoms with Crippen LogP contribution in [0.2, 0.25) is 0 Å². The topological polar surface area (TPSA) is 59.6 Å². The third kappa shape index (κ3) is 6.45. The minimum absolute atomic E-state index is 0.215. The highest BCUT2D eigenvalue weighted by molar-refractivity contribution is 9.10. The van der Waals surface area contributed by atoms with Crippen LogP contribution in [0.4, 0.5) is 5.69 Å². The van der Waals surface area contributed by atoms with Gasteiger partial charge in [0.15, 0.2) is 5.11 Å². The van der Waals surface area contributed by atoms with E-state index in [1.54, 1.807) is 18.2 Å². The van der Waals surface area contributed by atoms with E-state index in [-0.39, 0.29) is 11.0 Å². The monoisotopic (exact) mass is 422 g/mol. The van der Waals surface area contributed by atoms with E-state index in [4.69, 9.17) is 21.7 Å². The first-order chi connectivity index (χ1) is 12.1. The molecule has 0 saturated heterocycles. The summed E-state index contributed by atoms with van der Waals surface area (Å²) in [5.74, 6) is 0.415. The number of rotatable bonds is 7. The predicted octanol–water partition coefficient (Wildman–Crippen LogP) is 3.99. The Kier molecular flexibility index (Phi) is 7.84. The summed E-state index contributed by atoms with van der Waals surface area (Å²) in [5, 5.41) is 5.85. The number of anilines is 1. The Balaban J connectivity index is 1.90. The van der Waals surface area contributed by atoms with Crippen molar-refractivity contribution in [2.45, 2.75) is 6.92 Å². The molecular weight excluding hydrogens is 404 g/mol. The van der Waals surface area contributed by atoms with E-state index < -0.39 is 0 Å². The van der Waals surface area contributed by atoms with E-state index in [2.05, 4.69) is 26.6 Å². The first kappa shape index (κ1) is 19.4. The van der Waals surface area contributed by atoms with Gasteiger partial charge in [-0.15, -0.1) is 0 Å². The largest absolute Gasteiger partial charge is 0.491 e. The predicted molar refractivity (Wildman–Crippen MR) is 106 cm³/mol. The van der Waals surface area contributed by atoms with E-state index in [0.29, 0.717) is 35.6 Å². The molecule has 0 aromatic heterocycles. The van der Waals surface area contributed by atoms with Crippen molar-refractivity contribution in [3.63, 3.8) is 0 Å². The molecule has 0 radical (unpaired) electrons. The van der Waals surface area contributed by atoms with Gasteiger partial charge in [-0.1, -0.05) is 18.2 Å². The maximum atomic E-state index is 12.2. The fraction of sp³-hybridized carbons (Fsp3) is 0.222. The standard InChI is InChI=1S/C18H19BrN2O3S/c1-2-23-10-11-24-14-7-5-6-13(12-14)20-18(25)21-17(22)15-8-3-4-9-16(15)19/h3-9,12H,2,10-11H2,1H3,(H2,20,21,22,25). The summed E-state index contributed by atoms with van der Waals surface area (Å²) in [7, 11) is 0. The molecule has 0 spiro atoms. The van der Waals surface area contributed by atoms with Gasteiger partial charge in [-0.05, 0) is 59.3 Å². The van der Waals surface area contributed by atoms with Crippen molar-refractivity contribution in [1.82, 2.24) is 5.32 Å². The zero-order valence-corrected chi connectivity index (χ0v) is 16.2. The van der Waals surface area contributed by atoms with Gasteiger partial charge >= 0.3 is 0 Å². The molecule has 1 amide bonds. The molecule has 7 heteroatoms. The minimum atomic E-state index is -0.283. The SMILES string of the molecule is CCOCCOc1cccc(NC(=S)NC(=O)c2ccccc2Br)c1. The summed E-state index contributed by atoms with van der Waals surface area (Å²) in [6.45, 7) is 3.61. The van der Waals surface area contributed by atoms with Crippen molar-refractivity contribution in [1.29, 1.82) is 0 Å². The molecule has 0 aliphatic heterocycles. The summed E-state index contributed by atoms with van der Waals surface area (Å²) < 4.78 is 11.5. The lowest BCUT2D eigenvalue weighted by Crippen LogP contribution is -2.34. The molecule has 0 atom stereocenters. The average molecular weight is 423 g/mol. The number of halogens is 1. The molecule has 0 aliphatic rings. The van der Waals surface area contributed by atoms with E-state index in [9.17, 15) is 4.79 Å². The number of amides is 1. The van der Waals surface area contributed by atoms with Crippen LogP contribution in [-0.2, 0) is 4.74 Å². The highest BCUT2D eigenvalue weighted by atomic mass is 79.9. The van der Waals surface area contributed by atoms with Gasteiger partial charge in [-0.25, -0.2) is 0 Å². The van der Waals surface area contributed by atoms with Crippen LogP contribution in [0, 0.1) is 0 Å². The molecule has 0 aliphatic carbocycles. The van der Waals surface area contributed by atoms with Crippen LogP contribution in [0.5, 0.6) is 5.75 Å². The molecule has 0 heterocycles.